The van der Waals surface area contributed by atoms with E-state index in [1.807, 2.05) is 25.1 Å². The fraction of sp³-hybridized carbons (Fsp3) is 0.333. The van der Waals surface area contributed by atoms with Crippen LogP contribution in [0.2, 0.25) is 0 Å². The molecule has 2 aromatic rings. The Balaban J connectivity index is 1.79. The summed E-state index contributed by atoms with van der Waals surface area (Å²) in [6, 6.07) is 14.7. The molecule has 0 radical (unpaired) electrons. The third-order valence-corrected chi connectivity index (χ3v) is 3.43. The van der Waals surface area contributed by atoms with Crippen molar-refractivity contribution in [2.75, 3.05) is 6.61 Å². The van der Waals surface area contributed by atoms with E-state index in [2.05, 4.69) is 12.1 Å². The maximum Gasteiger partial charge on any atom is 0.126 e. The lowest BCUT2D eigenvalue weighted by Gasteiger charge is -2.14. The van der Waals surface area contributed by atoms with Gasteiger partial charge in [-0.1, -0.05) is 36.4 Å². The molecule has 0 aromatic heterocycles. The van der Waals surface area contributed by atoms with E-state index in [-0.39, 0.29) is 11.9 Å². The Morgan fingerprint density at radius 2 is 1.86 bits per heavy atom. The van der Waals surface area contributed by atoms with Crippen LogP contribution in [0.15, 0.2) is 48.5 Å². The average molecular weight is 287 g/mol. The Hall–Kier alpha value is -1.87. The van der Waals surface area contributed by atoms with E-state index >= 15 is 0 Å². The van der Waals surface area contributed by atoms with Crippen LogP contribution in [0.1, 0.15) is 36.9 Å². The molecule has 0 unspecified atom stereocenters. The lowest BCUT2D eigenvalue weighted by molar-refractivity contribution is 0.301. The van der Waals surface area contributed by atoms with Crippen LogP contribution in [-0.2, 0) is 6.42 Å². The Morgan fingerprint density at radius 1 is 1.10 bits per heavy atom. The number of hydrogen-bond donors (Lipinski definition) is 1. The van der Waals surface area contributed by atoms with E-state index in [1.54, 1.807) is 6.07 Å². The van der Waals surface area contributed by atoms with E-state index < -0.39 is 0 Å². The van der Waals surface area contributed by atoms with E-state index in [4.69, 9.17) is 10.5 Å². The molecular weight excluding hydrogens is 265 g/mol. The van der Waals surface area contributed by atoms with Crippen molar-refractivity contribution in [2.45, 2.75) is 32.2 Å². The van der Waals surface area contributed by atoms with Crippen LogP contribution in [0, 0.1) is 5.82 Å². The highest BCUT2D eigenvalue weighted by atomic mass is 19.1. The first-order valence-electron chi connectivity index (χ1n) is 7.38. The maximum absolute atomic E-state index is 13.3. The standard InChI is InChI=1S/C18H22FNO/c1-14(20)17-11-10-16(19)13-18(17)21-12-6-5-9-15-7-3-2-4-8-15/h2-4,7-8,10-11,13-14H,5-6,9,12,20H2,1H3/t14-/m0/s1. The molecule has 0 aliphatic rings. The molecule has 0 fully saturated rings. The molecule has 0 bridgehead atoms. The lowest BCUT2D eigenvalue weighted by Crippen LogP contribution is -2.09. The van der Waals surface area contributed by atoms with Crippen molar-refractivity contribution in [3.05, 3.63) is 65.5 Å². The summed E-state index contributed by atoms with van der Waals surface area (Å²) >= 11 is 0. The smallest absolute Gasteiger partial charge is 0.126 e. The topological polar surface area (TPSA) is 35.2 Å². The highest BCUT2D eigenvalue weighted by Crippen LogP contribution is 2.25. The summed E-state index contributed by atoms with van der Waals surface area (Å²) in [5.74, 6) is 0.267. The quantitative estimate of drug-likeness (QED) is 0.773. The highest BCUT2D eigenvalue weighted by Gasteiger charge is 2.09. The molecule has 112 valence electrons. The minimum Gasteiger partial charge on any atom is -0.493 e. The molecule has 0 spiro atoms. The number of halogens is 1. The number of benzene rings is 2. The second kappa shape index (κ2) is 7.79. The zero-order chi connectivity index (χ0) is 15.1. The maximum atomic E-state index is 13.3. The van der Waals surface area contributed by atoms with Gasteiger partial charge in [-0.2, -0.15) is 0 Å². The van der Waals surface area contributed by atoms with Crippen LogP contribution in [0.4, 0.5) is 4.39 Å². The van der Waals surface area contributed by atoms with Crippen LogP contribution in [0.25, 0.3) is 0 Å². The number of aryl methyl sites for hydroxylation is 1. The number of hydrogen-bond acceptors (Lipinski definition) is 2. The largest absolute Gasteiger partial charge is 0.493 e. The summed E-state index contributed by atoms with van der Waals surface area (Å²) in [7, 11) is 0. The molecule has 0 saturated carbocycles. The SMILES string of the molecule is C[C@H](N)c1ccc(F)cc1OCCCCc1ccccc1. The van der Waals surface area contributed by atoms with Gasteiger partial charge in [0.15, 0.2) is 0 Å². The Morgan fingerprint density at radius 3 is 2.57 bits per heavy atom. The van der Waals surface area contributed by atoms with E-state index in [1.165, 1.54) is 17.7 Å². The van der Waals surface area contributed by atoms with Crippen molar-refractivity contribution < 1.29 is 9.13 Å². The Labute approximate surface area is 125 Å². The average Bonchev–Trinajstić information content (AvgIpc) is 2.48. The second-order valence-corrected chi connectivity index (χ2v) is 5.26. The van der Waals surface area contributed by atoms with Gasteiger partial charge in [0.1, 0.15) is 11.6 Å². The molecule has 2 rings (SSSR count). The van der Waals surface area contributed by atoms with Gasteiger partial charge in [0.05, 0.1) is 6.61 Å². The molecule has 3 heteroatoms. The van der Waals surface area contributed by atoms with Crippen LogP contribution >= 0.6 is 0 Å². The van der Waals surface area contributed by atoms with Gasteiger partial charge in [-0.15, -0.1) is 0 Å². The zero-order valence-electron chi connectivity index (χ0n) is 12.4. The van der Waals surface area contributed by atoms with Gasteiger partial charge in [-0.05, 0) is 37.8 Å². The predicted molar refractivity (Wildman–Crippen MR) is 83.9 cm³/mol. The summed E-state index contributed by atoms with van der Waals surface area (Å²) in [6.07, 6.45) is 3.02. The van der Waals surface area contributed by atoms with Gasteiger partial charge in [-0.25, -0.2) is 4.39 Å². The first kappa shape index (κ1) is 15.5. The summed E-state index contributed by atoms with van der Waals surface area (Å²) < 4.78 is 19.0. The van der Waals surface area contributed by atoms with Crippen LogP contribution in [0.5, 0.6) is 5.75 Å². The van der Waals surface area contributed by atoms with Gasteiger partial charge in [0, 0.05) is 17.7 Å². The van der Waals surface area contributed by atoms with Crippen molar-refractivity contribution in [1.82, 2.24) is 0 Å². The number of unbranched alkanes of at least 4 members (excludes halogenated alkanes) is 1. The van der Waals surface area contributed by atoms with Crippen molar-refractivity contribution in [3.8, 4) is 5.75 Å². The second-order valence-electron chi connectivity index (χ2n) is 5.26. The highest BCUT2D eigenvalue weighted by molar-refractivity contribution is 5.36. The van der Waals surface area contributed by atoms with Gasteiger partial charge >= 0.3 is 0 Å². The molecular formula is C18H22FNO. The summed E-state index contributed by atoms with van der Waals surface area (Å²) in [6.45, 7) is 2.45. The van der Waals surface area contributed by atoms with Crippen molar-refractivity contribution in [2.24, 2.45) is 5.73 Å². The third-order valence-electron chi connectivity index (χ3n) is 3.43. The van der Waals surface area contributed by atoms with Crippen LogP contribution in [0.3, 0.4) is 0 Å². The molecule has 21 heavy (non-hydrogen) atoms. The van der Waals surface area contributed by atoms with Crippen molar-refractivity contribution in [3.63, 3.8) is 0 Å². The fourth-order valence-corrected chi connectivity index (χ4v) is 2.27. The zero-order valence-corrected chi connectivity index (χ0v) is 12.4. The molecule has 0 amide bonds. The predicted octanol–water partition coefficient (Wildman–Crippen LogP) is 4.25. The molecule has 2 nitrogen and oxygen atoms in total. The first-order chi connectivity index (χ1) is 10.2. The summed E-state index contributed by atoms with van der Waals surface area (Å²) in [5, 5.41) is 0. The van der Waals surface area contributed by atoms with Crippen LogP contribution in [-0.4, -0.2) is 6.61 Å². The van der Waals surface area contributed by atoms with E-state index in [0.29, 0.717) is 12.4 Å². The minimum atomic E-state index is -0.293. The Bertz CT molecular complexity index is 554. The van der Waals surface area contributed by atoms with E-state index in [0.717, 1.165) is 24.8 Å². The van der Waals surface area contributed by atoms with Crippen molar-refractivity contribution in [1.29, 1.82) is 0 Å². The molecule has 1 atom stereocenters. The normalized spacial score (nSPS) is 12.1. The van der Waals surface area contributed by atoms with Gasteiger partial charge in [-0.3, -0.25) is 0 Å². The number of ether oxygens (including phenoxy) is 1. The van der Waals surface area contributed by atoms with Crippen LogP contribution < -0.4 is 10.5 Å². The van der Waals surface area contributed by atoms with Gasteiger partial charge in [0.2, 0.25) is 0 Å². The molecule has 0 aliphatic heterocycles. The third kappa shape index (κ3) is 4.87. The van der Waals surface area contributed by atoms with E-state index in [9.17, 15) is 4.39 Å². The minimum absolute atomic E-state index is 0.162. The fourth-order valence-electron chi connectivity index (χ4n) is 2.27. The Kier molecular flexibility index (Phi) is 5.76. The van der Waals surface area contributed by atoms with Crippen molar-refractivity contribution >= 4 is 0 Å². The molecule has 0 heterocycles. The molecule has 0 saturated heterocycles. The lowest BCUT2D eigenvalue weighted by atomic mass is 10.1. The molecule has 2 N–H and O–H groups in total. The monoisotopic (exact) mass is 287 g/mol. The molecule has 0 aliphatic carbocycles. The molecule has 2 aromatic carbocycles. The number of nitrogens with two attached hydrogens (primary N) is 1. The summed E-state index contributed by atoms with van der Waals surface area (Å²) in [4.78, 5) is 0. The summed E-state index contributed by atoms with van der Waals surface area (Å²) in [5.41, 5.74) is 8.05. The van der Waals surface area contributed by atoms with Gasteiger partial charge < -0.3 is 10.5 Å². The first-order valence-corrected chi connectivity index (χ1v) is 7.38. The van der Waals surface area contributed by atoms with Gasteiger partial charge in [0.25, 0.3) is 0 Å². The number of rotatable bonds is 7.